The second-order valence-corrected chi connectivity index (χ2v) is 7.58. The van der Waals surface area contributed by atoms with Crippen LogP contribution in [0.1, 0.15) is 5.56 Å². The molecule has 3 aromatic carbocycles. The summed E-state index contributed by atoms with van der Waals surface area (Å²) in [5.74, 6) is -0.402. The van der Waals surface area contributed by atoms with E-state index in [9.17, 15) is 9.90 Å². The molecule has 0 atom stereocenters. The predicted octanol–water partition coefficient (Wildman–Crippen LogP) is 6.44. The smallest absolute Gasteiger partial charge is 0.290 e. The maximum Gasteiger partial charge on any atom is 0.290 e. The van der Waals surface area contributed by atoms with E-state index in [1.165, 1.54) is 9.13 Å². The van der Waals surface area contributed by atoms with Crippen LogP contribution in [-0.4, -0.2) is 14.2 Å². The van der Waals surface area contributed by atoms with Gasteiger partial charge in [0.1, 0.15) is 0 Å². The number of azo groups is 1. The number of rotatable bonds is 4. The lowest BCUT2D eigenvalue weighted by Gasteiger charge is -2.16. The Morgan fingerprint density at radius 1 is 0.839 bits per heavy atom. The highest BCUT2D eigenvalue weighted by molar-refractivity contribution is 7.71. The molecule has 4 rings (SSSR count). The topological polar surface area (TPSA) is 71.9 Å². The Morgan fingerprint density at radius 2 is 1.45 bits per heavy atom. The molecular weight excluding hydrogens is 432 g/mol. The summed E-state index contributed by atoms with van der Waals surface area (Å²) in [6, 6.07) is 23.0. The zero-order valence-electron chi connectivity index (χ0n) is 16.4. The molecule has 0 saturated carbocycles. The SMILES string of the molecule is Cc1ccc(N=Nc2c(O)n(-c3ccc(Cl)cc3)c(=S)n(-c3ccccc3)c2=O)cc1. The minimum Gasteiger partial charge on any atom is -0.492 e. The molecule has 1 aromatic heterocycles. The van der Waals surface area contributed by atoms with Crippen molar-refractivity contribution in [2.24, 2.45) is 10.2 Å². The van der Waals surface area contributed by atoms with Crippen molar-refractivity contribution in [3.05, 3.63) is 105 Å². The molecule has 1 N–H and O–H groups in total. The first-order chi connectivity index (χ1) is 15.0. The molecule has 0 fully saturated rings. The Bertz CT molecular complexity index is 1380. The Kier molecular flexibility index (Phi) is 5.79. The minimum atomic E-state index is -0.574. The number of nitrogens with zero attached hydrogens (tertiary/aromatic N) is 4. The highest BCUT2D eigenvalue weighted by Crippen LogP contribution is 2.29. The van der Waals surface area contributed by atoms with Crippen LogP contribution in [-0.2, 0) is 0 Å². The molecule has 8 heteroatoms. The zero-order valence-corrected chi connectivity index (χ0v) is 18.0. The summed E-state index contributed by atoms with van der Waals surface area (Å²) in [4.78, 5) is 13.3. The Hall–Kier alpha value is -3.55. The van der Waals surface area contributed by atoms with Crippen molar-refractivity contribution < 1.29 is 5.11 Å². The molecule has 0 amide bonds. The second kappa shape index (κ2) is 8.67. The van der Waals surface area contributed by atoms with Crippen LogP contribution in [0, 0.1) is 11.7 Å². The van der Waals surface area contributed by atoms with Gasteiger partial charge in [-0.1, -0.05) is 47.5 Å². The van der Waals surface area contributed by atoms with Gasteiger partial charge < -0.3 is 5.11 Å². The number of benzene rings is 3. The number of aromatic nitrogens is 2. The molecule has 0 spiro atoms. The van der Waals surface area contributed by atoms with Crippen molar-refractivity contribution in [3.8, 4) is 17.3 Å². The van der Waals surface area contributed by atoms with Crippen LogP contribution >= 0.6 is 23.8 Å². The molecule has 154 valence electrons. The maximum atomic E-state index is 13.3. The average Bonchev–Trinajstić information content (AvgIpc) is 2.77. The molecule has 1 heterocycles. The molecule has 31 heavy (non-hydrogen) atoms. The summed E-state index contributed by atoms with van der Waals surface area (Å²) in [5, 5.41) is 19.7. The number of para-hydroxylation sites is 1. The van der Waals surface area contributed by atoms with Crippen molar-refractivity contribution in [1.82, 2.24) is 9.13 Å². The van der Waals surface area contributed by atoms with Crippen LogP contribution in [0.5, 0.6) is 5.88 Å². The molecule has 4 aromatic rings. The number of hydrogen-bond acceptors (Lipinski definition) is 5. The summed E-state index contributed by atoms with van der Waals surface area (Å²) in [6.07, 6.45) is 0. The normalized spacial score (nSPS) is 11.2. The van der Waals surface area contributed by atoms with Crippen LogP contribution in [0.3, 0.4) is 0 Å². The van der Waals surface area contributed by atoms with Gasteiger partial charge in [-0.3, -0.25) is 13.9 Å². The van der Waals surface area contributed by atoms with Gasteiger partial charge >= 0.3 is 0 Å². The molecule has 0 aliphatic carbocycles. The summed E-state index contributed by atoms with van der Waals surface area (Å²) >= 11 is 11.6. The zero-order chi connectivity index (χ0) is 22.0. The fraction of sp³-hybridized carbons (Fsp3) is 0.0435. The summed E-state index contributed by atoms with van der Waals surface area (Å²) in [5.41, 5.74) is 1.90. The van der Waals surface area contributed by atoms with E-state index in [-0.39, 0.29) is 10.5 Å². The van der Waals surface area contributed by atoms with Crippen molar-refractivity contribution >= 4 is 35.2 Å². The Labute approximate surface area is 188 Å². The van der Waals surface area contributed by atoms with Crippen LogP contribution in [0.15, 0.2) is 93.9 Å². The van der Waals surface area contributed by atoms with E-state index in [1.807, 2.05) is 25.1 Å². The van der Waals surface area contributed by atoms with E-state index < -0.39 is 11.4 Å². The number of aromatic hydroxyl groups is 1. The fourth-order valence-electron chi connectivity index (χ4n) is 3.02. The van der Waals surface area contributed by atoms with E-state index in [0.29, 0.717) is 22.1 Å². The Balaban J connectivity index is 1.98. The van der Waals surface area contributed by atoms with Gasteiger partial charge in [0, 0.05) is 5.02 Å². The molecule has 0 aliphatic rings. The number of aryl methyl sites for hydroxylation is 1. The lowest BCUT2D eigenvalue weighted by molar-refractivity contribution is 0.432. The molecule has 0 radical (unpaired) electrons. The van der Waals surface area contributed by atoms with Crippen molar-refractivity contribution in [1.29, 1.82) is 0 Å². The van der Waals surface area contributed by atoms with Gasteiger partial charge in [-0.15, -0.1) is 5.11 Å². The van der Waals surface area contributed by atoms with Crippen molar-refractivity contribution in [2.45, 2.75) is 6.92 Å². The molecular formula is C23H17ClN4O2S. The van der Waals surface area contributed by atoms with Crippen LogP contribution < -0.4 is 5.56 Å². The molecule has 0 aliphatic heterocycles. The third kappa shape index (κ3) is 4.19. The van der Waals surface area contributed by atoms with E-state index in [2.05, 4.69) is 10.2 Å². The predicted molar refractivity (Wildman–Crippen MR) is 124 cm³/mol. The van der Waals surface area contributed by atoms with Crippen LogP contribution in [0.2, 0.25) is 5.02 Å². The summed E-state index contributed by atoms with van der Waals surface area (Å²) in [7, 11) is 0. The van der Waals surface area contributed by atoms with Gasteiger partial charge in [0.05, 0.1) is 17.1 Å². The largest absolute Gasteiger partial charge is 0.492 e. The molecule has 6 nitrogen and oxygen atoms in total. The van der Waals surface area contributed by atoms with E-state index in [0.717, 1.165) is 5.56 Å². The summed E-state index contributed by atoms with van der Waals surface area (Å²) < 4.78 is 2.77. The van der Waals surface area contributed by atoms with E-state index >= 15 is 0 Å². The van der Waals surface area contributed by atoms with Crippen molar-refractivity contribution in [3.63, 3.8) is 0 Å². The maximum absolute atomic E-state index is 13.3. The van der Waals surface area contributed by atoms with Gasteiger partial charge in [-0.05, 0) is 67.7 Å². The van der Waals surface area contributed by atoms with E-state index in [1.54, 1.807) is 60.7 Å². The van der Waals surface area contributed by atoms with E-state index in [4.69, 9.17) is 23.8 Å². The van der Waals surface area contributed by atoms with Gasteiger partial charge in [0.25, 0.3) is 5.56 Å². The van der Waals surface area contributed by atoms with Crippen LogP contribution in [0.25, 0.3) is 11.4 Å². The fourth-order valence-corrected chi connectivity index (χ4v) is 3.53. The number of halogens is 1. The second-order valence-electron chi connectivity index (χ2n) is 6.78. The van der Waals surface area contributed by atoms with Crippen LogP contribution in [0.4, 0.5) is 11.4 Å². The highest BCUT2D eigenvalue weighted by atomic mass is 35.5. The first-order valence-electron chi connectivity index (χ1n) is 9.36. The molecule has 0 unspecified atom stereocenters. The minimum absolute atomic E-state index is 0.0882. The first-order valence-corrected chi connectivity index (χ1v) is 10.1. The monoisotopic (exact) mass is 448 g/mol. The third-order valence-electron chi connectivity index (χ3n) is 4.61. The van der Waals surface area contributed by atoms with Gasteiger partial charge in [-0.25, -0.2) is 0 Å². The van der Waals surface area contributed by atoms with Gasteiger partial charge in [0.2, 0.25) is 11.6 Å². The van der Waals surface area contributed by atoms with Gasteiger partial charge in [-0.2, -0.15) is 5.11 Å². The first kappa shape index (κ1) is 20.7. The third-order valence-corrected chi connectivity index (χ3v) is 5.23. The lowest BCUT2D eigenvalue weighted by atomic mass is 10.2. The lowest BCUT2D eigenvalue weighted by Crippen LogP contribution is -2.23. The average molecular weight is 449 g/mol. The standard InChI is InChI=1S/C23H17ClN4O2S/c1-15-7-11-17(12-8-15)25-26-20-21(29)27(18-5-3-2-4-6-18)23(31)28(22(20)30)19-13-9-16(24)10-14-19/h2-14,30H,1H3. The molecule has 0 saturated heterocycles. The Morgan fingerprint density at radius 3 is 2.10 bits per heavy atom. The van der Waals surface area contributed by atoms with Crippen molar-refractivity contribution in [2.75, 3.05) is 0 Å². The van der Waals surface area contributed by atoms with Gasteiger partial charge in [0.15, 0.2) is 4.77 Å². The summed E-state index contributed by atoms with van der Waals surface area (Å²) in [6.45, 7) is 1.96. The molecule has 0 bridgehead atoms. The number of hydrogen-bond donors (Lipinski definition) is 1. The quantitative estimate of drug-likeness (QED) is 0.288. The highest BCUT2D eigenvalue weighted by Gasteiger charge is 2.19.